The molecule has 0 bridgehead atoms. The van der Waals surface area contributed by atoms with Crippen LogP contribution in [0.5, 0.6) is 0 Å². The zero-order chi connectivity index (χ0) is 23.7. The molecular weight excluding hydrogens is 428 g/mol. The number of likely N-dealkylation sites (tertiary alicyclic amines) is 1. The van der Waals surface area contributed by atoms with E-state index in [4.69, 9.17) is 11.6 Å². The van der Waals surface area contributed by atoms with Gasteiger partial charge in [0.2, 0.25) is 11.8 Å². The van der Waals surface area contributed by atoms with Gasteiger partial charge in [-0.25, -0.2) is 9.97 Å². The molecule has 2 aromatic rings. The van der Waals surface area contributed by atoms with Crippen LogP contribution in [0.4, 0.5) is 17.3 Å². The van der Waals surface area contributed by atoms with E-state index in [0.29, 0.717) is 23.2 Å². The van der Waals surface area contributed by atoms with Crippen LogP contribution >= 0.6 is 11.6 Å². The third-order valence-electron chi connectivity index (χ3n) is 5.10. The van der Waals surface area contributed by atoms with Crippen molar-refractivity contribution in [1.29, 1.82) is 0 Å². The average Bonchev–Trinajstić information content (AvgIpc) is 2.77. The summed E-state index contributed by atoms with van der Waals surface area (Å²) < 4.78 is 0. The first-order valence-corrected chi connectivity index (χ1v) is 11.3. The minimum absolute atomic E-state index is 0.0485. The van der Waals surface area contributed by atoms with Crippen molar-refractivity contribution in [3.63, 3.8) is 0 Å². The fourth-order valence-corrected chi connectivity index (χ4v) is 3.89. The number of benzene rings is 1. The molecule has 8 nitrogen and oxygen atoms in total. The van der Waals surface area contributed by atoms with Crippen molar-refractivity contribution >= 4 is 40.7 Å². The van der Waals surface area contributed by atoms with Gasteiger partial charge in [0.15, 0.2) is 0 Å². The summed E-state index contributed by atoms with van der Waals surface area (Å²) in [6, 6.07) is 7.54. The molecule has 1 unspecified atom stereocenters. The van der Waals surface area contributed by atoms with E-state index in [1.807, 2.05) is 55.8 Å². The number of amides is 2. The number of carbonyl (C=O) groups is 2. The molecule has 1 saturated heterocycles. The Morgan fingerprint density at radius 3 is 2.66 bits per heavy atom. The van der Waals surface area contributed by atoms with Crippen molar-refractivity contribution in [2.45, 2.75) is 46.6 Å². The quantitative estimate of drug-likeness (QED) is 0.678. The number of piperidine rings is 1. The lowest BCUT2D eigenvalue weighted by atomic mass is 10.0. The van der Waals surface area contributed by atoms with Crippen molar-refractivity contribution in [2.24, 2.45) is 0 Å². The fraction of sp³-hybridized carbons (Fsp3) is 0.478. The molecule has 32 heavy (non-hydrogen) atoms. The van der Waals surface area contributed by atoms with Crippen molar-refractivity contribution < 1.29 is 9.59 Å². The first kappa shape index (κ1) is 25.4. The van der Waals surface area contributed by atoms with E-state index < -0.39 is 0 Å². The molecule has 1 aliphatic rings. The number of rotatable bonds is 6. The highest BCUT2D eigenvalue weighted by atomic mass is 35.5. The summed E-state index contributed by atoms with van der Waals surface area (Å²) in [6.07, 6.45) is 3.31. The Labute approximate surface area is 195 Å². The predicted octanol–water partition coefficient (Wildman–Crippen LogP) is 3.96. The Kier molecular flexibility index (Phi) is 9.71. The second kappa shape index (κ2) is 12.2. The number of halogens is 1. The van der Waals surface area contributed by atoms with Gasteiger partial charge < -0.3 is 20.4 Å². The number of hydrogen-bond donors (Lipinski definition) is 2. The normalized spacial score (nSPS) is 15.3. The van der Waals surface area contributed by atoms with Crippen molar-refractivity contribution in [1.82, 2.24) is 14.9 Å². The van der Waals surface area contributed by atoms with Crippen molar-refractivity contribution in [3.8, 4) is 0 Å². The number of nitrogens with one attached hydrogen (secondary N) is 2. The maximum atomic E-state index is 12.8. The molecule has 0 aliphatic carbocycles. The van der Waals surface area contributed by atoms with Crippen molar-refractivity contribution in [3.05, 3.63) is 41.2 Å². The third kappa shape index (κ3) is 7.37. The van der Waals surface area contributed by atoms with Gasteiger partial charge in [0, 0.05) is 49.9 Å². The number of carbonyl (C=O) groups excluding carboxylic acids is 2. The Bertz CT molecular complexity index is 903. The van der Waals surface area contributed by atoms with E-state index in [-0.39, 0.29) is 24.4 Å². The van der Waals surface area contributed by atoms with Gasteiger partial charge in [-0.3, -0.25) is 9.59 Å². The van der Waals surface area contributed by atoms with Crippen LogP contribution in [-0.4, -0.2) is 59.4 Å². The number of aryl methyl sites for hydroxylation is 1. The lowest BCUT2D eigenvalue weighted by Crippen LogP contribution is -2.50. The van der Waals surface area contributed by atoms with Crippen LogP contribution < -0.4 is 15.5 Å². The number of hydrogen-bond acceptors (Lipinski definition) is 6. The molecule has 2 N–H and O–H groups in total. The summed E-state index contributed by atoms with van der Waals surface area (Å²) in [4.78, 5) is 36.3. The number of anilines is 3. The highest BCUT2D eigenvalue weighted by Crippen LogP contribution is 2.22. The van der Waals surface area contributed by atoms with Gasteiger partial charge >= 0.3 is 0 Å². The molecule has 9 heteroatoms. The summed E-state index contributed by atoms with van der Waals surface area (Å²) in [6.45, 7) is 8.98. The Morgan fingerprint density at radius 2 is 1.97 bits per heavy atom. The zero-order valence-electron chi connectivity index (χ0n) is 19.5. The molecular formula is C23H33ClN6O2. The van der Waals surface area contributed by atoms with Crippen LogP contribution in [0, 0.1) is 6.92 Å². The second-order valence-electron chi connectivity index (χ2n) is 7.56. The monoisotopic (exact) mass is 460 g/mol. The standard InChI is InChI=1S/C21H27ClN6O2.C2H6/c1-14-7-16(22)9-17(8-14)23-11-21(30)28-6-4-5-18(12-28)27(3)20-10-19(24-13-25-20)26-15(2)29;1-2/h7-10,13,18,23H,4-6,11-12H2,1-3H3,(H,24,25,26,29);1-2H3. The van der Waals surface area contributed by atoms with E-state index in [0.717, 1.165) is 30.6 Å². The van der Waals surface area contributed by atoms with Crippen LogP contribution in [0.3, 0.4) is 0 Å². The van der Waals surface area contributed by atoms with E-state index in [1.165, 1.54) is 13.3 Å². The third-order valence-corrected chi connectivity index (χ3v) is 5.32. The summed E-state index contributed by atoms with van der Waals surface area (Å²) in [5.74, 6) is 1.04. The summed E-state index contributed by atoms with van der Waals surface area (Å²) in [5.41, 5.74) is 1.88. The summed E-state index contributed by atoms with van der Waals surface area (Å²) in [5, 5.41) is 6.49. The Hall–Kier alpha value is -2.87. The van der Waals surface area contributed by atoms with Gasteiger partial charge in [0.1, 0.15) is 18.0 Å². The Balaban J connectivity index is 0.00000176. The lowest BCUT2D eigenvalue weighted by molar-refractivity contribution is -0.130. The summed E-state index contributed by atoms with van der Waals surface area (Å²) in [7, 11) is 1.95. The summed E-state index contributed by atoms with van der Waals surface area (Å²) >= 11 is 6.09. The largest absolute Gasteiger partial charge is 0.376 e. The number of nitrogens with zero attached hydrogens (tertiary/aromatic N) is 4. The molecule has 174 valence electrons. The molecule has 1 aliphatic heterocycles. The fourth-order valence-electron chi connectivity index (χ4n) is 3.60. The maximum Gasteiger partial charge on any atom is 0.241 e. The van der Waals surface area contributed by atoms with Crippen LogP contribution in [0.25, 0.3) is 0 Å². The number of aromatic nitrogens is 2. The van der Waals surface area contributed by atoms with Crippen LogP contribution in [0.2, 0.25) is 5.02 Å². The zero-order valence-corrected chi connectivity index (χ0v) is 20.2. The molecule has 1 fully saturated rings. The van der Waals surface area contributed by atoms with Crippen molar-refractivity contribution in [2.75, 3.05) is 42.2 Å². The van der Waals surface area contributed by atoms with E-state index in [1.54, 1.807) is 6.07 Å². The second-order valence-corrected chi connectivity index (χ2v) is 8.00. The molecule has 1 aromatic heterocycles. The molecule has 0 radical (unpaired) electrons. The smallest absolute Gasteiger partial charge is 0.241 e. The van der Waals surface area contributed by atoms with Gasteiger partial charge in [-0.2, -0.15) is 0 Å². The average molecular weight is 461 g/mol. The Morgan fingerprint density at radius 1 is 1.22 bits per heavy atom. The van der Waals surface area contributed by atoms with E-state index in [9.17, 15) is 9.59 Å². The maximum absolute atomic E-state index is 12.8. The van der Waals surface area contributed by atoms with Gasteiger partial charge in [-0.1, -0.05) is 25.4 Å². The first-order chi connectivity index (χ1) is 15.3. The van der Waals surface area contributed by atoms with Gasteiger partial charge in [0.25, 0.3) is 0 Å². The lowest BCUT2D eigenvalue weighted by Gasteiger charge is -2.38. The highest BCUT2D eigenvalue weighted by Gasteiger charge is 2.27. The van der Waals surface area contributed by atoms with Gasteiger partial charge in [-0.05, 0) is 43.5 Å². The molecule has 2 heterocycles. The highest BCUT2D eigenvalue weighted by molar-refractivity contribution is 6.30. The molecule has 1 aromatic carbocycles. The minimum atomic E-state index is -0.181. The van der Waals surface area contributed by atoms with Crippen LogP contribution in [0.1, 0.15) is 39.2 Å². The van der Waals surface area contributed by atoms with E-state index >= 15 is 0 Å². The molecule has 1 atom stereocenters. The van der Waals surface area contributed by atoms with Gasteiger partial charge in [0.05, 0.1) is 6.54 Å². The van der Waals surface area contributed by atoms with E-state index in [2.05, 4.69) is 20.6 Å². The first-order valence-electron chi connectivity index (χ1n) is 10.9. The molecule has 0 spiro atoms. The SMILES string of the molecule is CC.CC(=O)Nc1cc(N(C)C2CCCN(C(=O)CNc3cc(C)cc(Cl)c3)C2)ncn1. The minimum Gasteiger partial charge on any atom is -0.376 e. The van der Waals surface area contributed by atoms with Crippen LogP contribution in [-0.2, 0) is 9.59 Å². The van der Waals surface area contributed by atoms with Crippen LogP contribution in [0.15, 0.2) is 30.6 Å². The molecule has 3 rings (SSSR count). The predicted molar refractivity (Wildman–Crippen MR) is 130 cm³/mol. The topological polar surface area (TPSA) is 90.5 Å². The number of likely N-dealkylation sites (N-methyl/N-ethyl adjacent to an activating group) is 1. The van der Waals surface area contributed by atoms with Gasteiger partial charge in [-0.15, -0.1) is 0 Å². The molecule has 0 saturated carbocycles. The molecule has 2 amide bonds.